The van der Waals surface area contributed by atoms with Crippen molar-refractivity contribution in [2.45, 2.75) is 89.9 Å². The van der Waals surface area contributed by atoms with E-state index in [0.29, 0.717) is 43.1 Å². The summed E-state index contributed by atoms with van der Waals surface area (Å²) in [5.41, 5.74) is 0.356. The van der Waals surface area contributed by atoms with Gasteiger partial charge in [0.25, 0.3) is 0 Å². The van der Waals surface area contributed by atoms with Crippen molar-refractivity contribution < 1.29 is 23.8 Å². The third-order valence-corrected chi connectivity index (χ3v) is 8.44. The minimum Gasteiger partial charge on any atom is -0.453 e. The number of carbonyl (C=O) groups excluding carboxylic acids is 2. The summed E-state index contributed by atoms with van der Waals surface area (Å²) in [4.78, 5) is 33.2. The van der Waals surface area contributed by atoms with Crippen molar-refractivity contribution in [1.29, 1.82) is 5.26 Å². The van der Waals surface area contributed by atoms with E-state index in [-0.39, 0.29) is 24.2 Å². The fourth-order valence-electron chi connectivity index (χ4n) is 6.17. The summed E-state index contributed by atoms with van der Waals surface area (Å²) >= 11 is 6.36. The quantitative estimate of drug-likeness (QED) is 0.0971. The number of guanidine groups is 1. The molecule has 1 aliphatic heterocycles. The average Bonchev–Trinajstić information content (AvgIpc) is 3.00. The Hall–Kier alpha value is -3.23. The Morgan fingerprint density at radius 1 is 1.20 bits per heavy atom. The zero-order chi connectivity index (χ0) is 32.8. The van der Waals surface area contributed by atoms with Crippen LogP contribution in [0.25, 0.3) is 0 Å². The third-order valence-electron chi connectivity index (χ3n) is 8.21. The normalized spacial score (nSPS) is 19.2. The number of amides is 2. The Morgan fingerprint density at radius 2 is 1.96 bits per heavy atom. The number of nitriles is 1. The monoisotopic (exact) mass is 646 g/mol. The Morgan fingerprint density at radius 3 is 2.62 bits per heavy atom. The van der Waals surface area contributed by atoms with E-state index in [9.17, 15) is 14.9 Å². The van der Waals surface area contributed by atoms with Crippen LogP contribution in [0, 0.1) is 23.3 Å². The summed E-state index contributed by atoms with van der Waals surface area (Å²) in [6, 6.07) is 7.44. The van der Waals surface area contributed by atoms with Gasteiger partial charge in [0.15, 0.2) is 6.19 Å². The molecule has 2 N–H and O–H groups in total. The molecule has 3 rings (SSSR count). The first-order chi connectivity index (χ1) is 21.5. The van der Waals surface area contributed by atoms with E-state index < -0.39 is 11.7 Å². The molecule has 0 radical (unpaired) electrons. The van der Waals surface area contributed by atoms with Crippen LogP contribution in [0.1, 0.15) is 83.8 Å². The first-order valence-electron chi connectivity index (χ1n) is 16.1. The van der Waals surface area contributed by atoms with Crippen LogP contribution in [-0.4, -0.2) is 86.5 Å². The zero-order valence-electron chi connectivity index (χ0n) is 27.5. The van der Waals surface area contributed by atoms with Crippen LogP contribution in [-0.2, 0) is 14.2 Å². The molecule has 250 valence electrons. The van der Waals surface area contributed by atoms with Gasteiger partial charge in [-0.2, -0.15) is 5.26 Å². The second kappa shape index (κ2) is 18.1. The number of nitrogens with one attached hydrogen (secondary N) is 2. The minimum atomic E-state index is -0.596. The molecule has 1 saturated heterocycles. The van der Waals surface area contributed by atoms with E-state index in [0.717, 1.165) is 44.2 Å². The summed E-state index contributed by atoms with van der Waals surface area (Å²) < 4.78 is 16.7. The lowest BCUT2D eigenvalue weighted by atomic mass is 9.85. The second-order valence-electron chi connectivity index (χ2n) is 13.1. The highest BCUT2D eigenvalue weighted by Gasteiger charge is 2.32. The van der Waals surface area contributed by atoms with Crippen LogP contribution in [0.5, 0.6) is 0 Å². The topological polar surface area (TPSA) is 129 Å². The lowest BCUT2D eigenvalue weighted by Crippen LogP contribution is -2.48. The van der Waals surface area contributed by atoms with Crippen LogP contribution < -0.4 is 10.6 Å². The molecule has 1 aromatic rings. The number of alkyl carbamates (subject to hydrolysis) is 1. The number of halogens is 1. The fraction of sp³-hybridized carbons (Fsp3) is 0.697. The number of nitrogens with zero attached hydrogens (tertiary/aromatic N) is 4. The van der Waals surface area contributed by atoms with Gasteiger partial charge in [-0.05, 0) is 63.6 Å². The Balaban J connectivity index is 1.82. The van der Waals surface area contributed by atoms with E-state index in [4.69, 9.17) is 26.1 Å². The molecule has 0 spiro atoms. The van der Waals surface area contributed by atoms with Gasteiger partial charge in [-0.25, -0.2) is 14.6 Å². The van der Waals surface area contributed by atoms with Crippen LogP contribution in [0.4, 0.5) is 9.59 Å². The lowest BCUT2D eigenvalue weighted by Gasteiger charge is -2.38. The number of piperidine rings is 1. The maximum Gasteiger partial charge on any atom is 0.410 e. The Labute approximate surface area is 273 Å². The molecule has 1 aliphatic carbocycles. The predicted molar refractivity (Wildman–Crippen MR) is 175 cm³/mol. The molecule has 1 aromatic carbocycles. The van der Waals surface area contributed by atoms with Crippen molar-refractivity contribution in [3.8, 4) is 6.19 Å². The van der Waals surface area contributed by atoms with Crippen LogP contribution >= 0.6 is 11.6 Å². The number of hydrogen-bond donors (Lipinski definition) is 2. The molecule has 0 aromatic heterocycles. The summed E-state index contributed by atoms with van der Waals surface area (Å²) in [7, 11) is 3.07. The van der Waals surface area contributed by atoms with Crippen molar-refractivity contribution in [3.05, 3.63) is 34.9 Å². The van der Waals surface area contributed by atoms with Gasteiger partial charge in [0.2, 0.25) is 5.96 Å². The zero-order valence-corrected chi connectivity index (χ0v) is 28.3. The van der Waals surface area contributed by atoms with Gasteiger partial charge in [-0.3, -0.25) is 5.32 Å². The van der Waals surface area contributed by atoms with Gasteiger partial charge in [0, 0.05) is 44.2 Å². The number of aliphatic imine (C=N–C) groups is 1. The standard InChI is InChI=1S/C33H51ClN6O5/c1-33(2,3)45-32(42)39(4)22-28(19-24-11-7-6-8-12-24)38-30(37-23-35)40-17-10-14-26(21-40)29(25-13-9-15-27(34)20-25)44-18-16-36-31(41)43-5/h9,13,15,20,24,26,28-29H,6-8,10-12,14,16-19,21-22H2,1-5H3,(H,36,41)(H,37,38)/t26?,28?,29-/m0/s1. The molecule has 12 heteroatoms. The van der Waals surface area contributed by atoms with E-state index in [1.54, 1.807) is 11.9 Å². The van der Waals surface area contributed by atoms with Crippen molar-refractivity contribution >= 4 is 29.7 Å². The van der Waals surface area contributed by atoms with Crippen molar-refractivity contribution in [2.24, 2.45) is 16.8 Å². The fourth-order valence-corrected chi connectivity index (χ4v) is 6.37. The summed E-state index contributed by atoms with van der Waals surface area (Å²) in [6.07, 6.45) is 9.51. The van der Waals surface area contributed by atoms with Crippen molar-refractivity contribution in [2.75, 3.05) is 46.9 Å². The molecule has 45 heavy (non-hydrogen) atoms. The predicted octanol–water partition coefficient (Wildman–Crippen LogP) is 6.10. The molecule has 1 saturated carbocycles. The minimum absolute atomic E-state index is 0.0715. The number of carbonyl (C=O) groups is 2. The van der Waals surface area contributed by atoms with Gasteiger partial charge in [0.1, 0.15) is 5.60 Å². The van der Waals surface area contributed by atoms with Gasteiger partial charge in [0.05, 0.1) is 25.9 Å². The maximum atomic E-state index is 12.9. The van der Waals surface area contributed by atoms with Gasteiger partial charge in [-0.1, -0.05) is 55.8 Å². The average molecular weight is 647 g/mol. The Bertz CT molecular complexity index is 1160. The van der Waals surface area contributed by atoms with Crippen LogP contribution in [0.2, 0.25) is 5.02 Å². The molecule has 0 bridgehead atoms. The number of rotatable bonds is 11. The summed E-state index contributed by atoms with van der Waals surface area (Å²) in [5.74, 6) is 1.11. The smallest absolute Gasteiger partial charge is 0.410 e. The highest BCUT2D eigenvalue weighted by atomic mass is 35.5. The maximum absolute atomic E-state index is 12.9. The van der Waals surface area contributed by atoms with E-state index in [1.165, 1.54) is 26.4 Å². The van der Waals surface area contributed by atoms with Gasteiger partial charge >= 0.3 is 12.2 Å². The molecule has 3 atom stereocenters. The molecule has 2 amide bonds. The lowest BCUT2D eigenvalue weighted by molar-refractivity contribution is -0.00579. The van der Waals surface area contributed by atoms with Gasteiger partial charge < -0.3 is 29.3 Å². The first kappa shape index (κ1) is 36.2. The number of hydrogen-bond acceptors (Lipinski definition) is 7. The van der Waals surface area contributed by atoms with Crippen LogP contribution in [0.15, 0.2) is 29.3 Å². The van der Waals surface area contributed by atoms with Crippen molar-refractivity contribution in [3.63, 3.8) is 0 Å². The van der Waals surface area contributed by atoms with Crippen LogP contribution in [0.3, 0.4) is 0 Å². The van der Waals surface area contributed by atoms with E-state index >= 15 is 0 Å². The number of methoxy groups -OCH3 is 1. The largest absolute Gasteiger partial charge is 0.453 e. The Kier molecular flexibility index (Phi) is 14.5. The molecule has 2 unspecified atom stereocenters. The number of ether oxygens (including phenoxy) is 3. The molecular formula is C33H51ClN6O5. The number of likely N-dealkylation sites (N-methyl/N-ethyl adjacent to an activating group) is 1. The number of likely N-dealkylation sites (tertiary alicyclic amines) is 1. The van der Waals surface area contributed by atoms with Crippen molar-refractivity contribution in [1.82, 2.24) is 20.4 Å². The van der Waals surface area contributed by atoms with E-state index in [1.807, 2.05) is 45.0 Å². The highest BCUT2D eigenvalue weighted by Crippen LogP contribution is 2.34. The first-order valence-corrected chi connectivity index (χ1v) is 16.5. The summed E-state index contributed by atoms with van der Waals surface area (Å²) in [5, 5.41) is 15.9. The molecule has 11 nitrogen and oxygen atoms in total. The second-order valence-corrected chi connectivity index (χ2v) is 13.5. The number of benzene rings is 1. The molecule has 2 aliphatic rings. The molecule has 1 heterocycles. The molecule has 2 fully saturated rings. The SMILES string of the molecule is COC(=O)NCCO[C@@H](c1cccc(Cl)c1)C1CCCN(C(=NC(CC2CCCCC2)CN(C)C(=O)OC(C)(C)C)NC#N)C1. The highest BCUT2D eigenvalue weighted by molar-refractivity contribution is 6.30. The van der Waals surface area contributed by atoms with Gasteiger partial charge in [-0.15, -0.1) is 0 Å². The van der Waals surface area contributed by atoms with E-state index in [2.05, 4.69) is 26.5 Å². The molecular weight excluding hydrogens is 596 g/mol. The third kappa shape index (κ3) is 12.6. The summed E-state index contributed by atoms with van der Waals surface area (Å²) in [6.45, 7) is 7.89.